The van der Waals surface area contributed by atoms with Crippen LogP contribution in [0.4, 0.5) is 5.13 Å². The Bertz CT molecular complexity index is 1170. The van der Waals surface area contributed by atoms with Gasteiger partial charge in [-0.3, -0.25) is 10.1 Å². The summed E-state index contributed by atoms with van der Waals surface area (Å²) in [7, 11) is 0. The number of benzene rings is 2. The lowest BCUT2D eigenvalue weighted by Gasteiger charge is -2.10. The Morgan fingerprint density at radius 1 is 1.00 bits per heavy atom. The summed E-state index contributed by atoms with van der Waals surface area (Å²) in [6.45, 7) is 3.98. The lowest BCUT2D eigenvalue weighted by atomic mass is 10.0. The van der Waals surface area contributed by atoms with Gasteiger partial charge in [-0.1, -0.05) is 59.9 Å². The number of rotatable bonds is 7. The molecule has 0 bridgehead atoms. The standard InChI is InChI=1S/C24H21N3O2S2/c1-16(2)29-19-12-10-17(11-13-19)15-20(18-7-4-3-5-8-18)22(28)25-24-27-26-23(31-24)21-9-6-14-30-21/h3-16H,1-2H3,(H,25,27,28)/b20-15+. The molecule has 1 N–H and O–H groups in total. The van der Waals surface area contributed by atoms with Crippen LogP contribution in [0.1, 0.15) is 25.0 Å². The van der Waals surface area contributed by atoms with Gasteiger partial charge in [-0.25, -0.2) is 0 Å². The second kappa shape index (κ2) is 9.68. The number of hydrogen-bond acceptors (Lipinski definition) is 6. The van der Waals surface area contributed by atoms with Crippen LogP contribution in [0, 0.1) is 0 Å². The van der Waals surface area contributed by atoms with Gasteiger partial charge in [0.25, 0.3) is 5.91 Å². The molecule has 156 valence electrons. The minimum Gasteiger partial charge on any atom is -0.491 e. The van der Waals surface area contributed by atoms with E-state index in [1.54, 1.807) is 11.3 Å². The molecule has 0 saturated carbocycles. The van der Waals surface area contributed by atoms with E-state index >= 15 is 0 Å². The van der Waals surface area contributed by atoms with E-state index in [4.69, 9.17) is 4.74 Å². The number of nitrogens with one attached hydrogen (secondary N) is 1. The highest BCUT2D eigenvalue weighted by molar-refractivity contribution is 7.23. The highest BCUT2D eigenvalue weighted by Gasteiger charge is 2.16. The summed E-state index contributed by atoms with van der Waals surface area (Å²) in [5, 5.41) is 14.5. The zero-order chi connectivity index (χ0) is 21.6. The molecule has 0 fully saturated rings. The number of nitrogens with zero attached hydrogens (tertiary/aromatic N) is 2. The van der Waals surface area contributed by atoms with Crippen LogP contribution in [-0.2, 0) is 4.79 Å². The van der Waals surface area contributed by atoms with Gasteiger partial charge in [-0.2, -0.15) is 0 Å². The largest absolute Gasteiger partial charge is 0.491 e. The number of carbonyl (C=O) groups excluding carboxylic acids is 1. The monoisotopic (exact) mass is 447 g/mol. The molecule has 0 atom stereocenters. The Morgan fingerprint density at radius 2 is 1.77 bits per heavy atom. The third-order valence-corrected chi connectivity index (χ3v) is 6.15. The van der Waals surface area contributed by atoms with Gasteiger partial charge in [0.15, 0.2) is 5.01 Å². The predicted molar refractivity (Wildman–Crippen MR) is 128 cm³/mol. The summed E-state index contributed by atoms with van der Waals surface area (Å²) in [5.41, 5.74) is 2.28. The highest BCUT2D eigenvalue weighted by atomic mass is 32.1. The molecule has 2 aromatic carbocycles. The van der Waals surface area contributed by atoms with Crippen LogP contribution in [0.2, 0.25) is 0 Å². The summed E-state index contributed by atoms with van der Waals surface area (Å²) < 4.78 is 5.71. The van der Waals surface area contributed by atoms with Crippen LogP contribution in [0.25, 0.3) is 21.5 Å². The quantitative estimate of drug-likeness (QED) is 0.269. The van der Waals surface area contributed by atoms with Crippen LogP contribution < -0.4 is 10.1 Å². The molecule has 0 saturated heterocycles. The molecule has 7 heteroatoms. The molecule has 0 aliphatic rings. The molecule has 0 unspecified atom stereocenters. The molecule has 0 aliphatic heterocycles. The summed E-state index contributed by atoms with van der Waals surface area (Å²) in [6.07, 6.45) is 1.98. The van der Waals surface area contributed by atoms with Gasteiger partial charge >= 0.3 is 0 Å². The van der Waals surface area contributed by atoms with E-state index in [1.807, 2.05) is 92.0 Å². The smallest absolute Gasteiger partial charge is 0.258 e. The van der Waals surface area contributed by atoms with Crippen molar-refractivity contribution in [1.29, 1.82) is 0 Å². The van der Waals surface area contributed by atoms with Crippen molar-refractivity contribution in [2.75, 3.05) is 5.32 Å². The average Bonchev–Trinajstić information content (AvgIpc) is 3.45. The zero-order valence-corrected chi connectivity index (χ0v) is 18.7. The van der Waals surface area contributed by atoms with Crippen LogP contribution in [0.15, 0.2) is 72.1 Å². The molecule has 2 aromatic heterocycles. The molecule has 5 nitrogen and oxygen atoms in total. The summed E-state index contributed by atoms with van der Waals surface area (Å²) in [5.74, 6) is 0.565. The molecule has 2 heterocycles. The zero-order valence-electron chi connectivity index (χ0n) is 17.1. The van der Waals surface area contributed by atoms with Crippen LogP contribution >= 0.6 is 22.7 Å². The lowest BCUT2D eigenvalue weighted by molar-refractivity contribution is -0.111. The first-order chi connectivity index (χ1) is 15.1. The molecular weight excluding hydrogens is 426 g/mol. The third kappa shape index (κ3) is 5.45. The van der Waals surface area contributed by atoms with E-state index in [9.17, 15) is 4.79 Å². The number of aromatic nitrogens is 2. The number of carbonyl (C=O) groups is 1. The molecule has 31 heavy (non-hydrogen) atoms. The van der Waals surface area contributed by atoms with E-state index < -0.39 is 0 Å². The van der Waals surface area contributed by atoms with Crippen molar-refractivity contribution < 1.29 is 9.53 Å². The number of amides is 1. The fourth-order valence-corrected chi connectivity index (χ4v) is 4.45. The minimum absolute atomic E-state index is 0.109. The SMILES string of the molecule is CC(C)Oc1ccc(/C=C(/C(=O)Nc2nnc(-c3cccs3)s2)c2ccccc2)cc1. The van der Waals surface area contributed by atoms with Crippen molar-refractivity contribution in [3.05, 3.63) is 83.2 Å². The molecular formula is C24H21N3O2S2. The second-order valence-electron chi connectivity index (χ2n) is 7.00. The molecule has 0 radical (unpaired) electrons. The number of hydrogen-bond donors (Lipinski definition) is 1. The average molecular weight is 448 g/mol. The number of thiophene rings is 1. The van der Waals surface area contributed by atoms with Crippen LogP contribution in [-0.4, -0.2) is 22.2 Å². The second-order valence-corrected chi connectivity index (χ2v) is 8.93. The Morgan fingerprint density at radius 3 is 2.45 bits per heavy atom. The fourth-order valence-electron chi connectivity index (χ4n) is 2.92. The number of ether oxygens (including phenoxy) is 1. The van der Waals surface area contributed by atoms with Crippen molar-refractivity contribution in [3.63, 3.8) is 0 Å². The maximum absolute atomic E-state index is 13.2. The lowest BCUT2D eigenvalue weighted by Crippen LogP contribution is -2.13. The van der Waals surface area contributed by atoms with E-state index in [2.05, 4.69) is 15.5 Å². The highest BCUT2D eigenvalue weighted by Crippen LogP contribution is 2.30. The molecule has 4 rings (SSSR count). The van der Waals surface area contributed by atoms with Gasteiger partial charge in [0.1, 0.15) is 5.75 Å². The first kappa shape index (κ1) is 21.0. The molecule has 4 aromatic rings. The van der Waals surface area contributed by atoms with Crippen LogP contribution in [0.3, 0.4) is 0 Å². The van der Waals surface area contributed by atoms with E-state index in [-0.39, 0.29) is 12.0 Å². The van der Waals surface area contributed by atoms with Gasteiger partial charge in [-0.05, 0) is 54.6 Å². The third-order valence-electron chi connectivity index (χ3n) is 4.27. The van der Waals surface area contributed by atoms with Crippen molar-refractivity contribution >= 4 is 45.4 Å². The van der Waals surface area contributed by atoms with Gasteiger partial charge in [0, 0.05) is 5.57 Å². The Kier molecular flexibility index (Phi) is 6.54. The Hall–Kier alpha value is -3.29. The van der Waals surface area contributed by atoms with E-state index in [0.717, 1.165) is 26.8 Å². The first-order valence-electron chi connectivity index (χ1n) is 9.81. The molecule has 1 amide bonds. The Labute approximate surface area is 189 Å². The molecule has 0 aliphatic carbocycles. The van der Waals surface area contributed by atoms with E-state index in [0.29, 0.717) is 10.7 Å². The van der Waals surface area contributed by atoms with E-state index in [1.165, 1.54) is 11.3 Å². The number of anilines is 1. The predicted octanol–water partition coefficient (Wildman–Crippen LogP) is 6.23. The fraction of sp³-hybridized carbons (Fsp3) is 0.125. The van der Waals surface area contributed by atoms with Crippen LogP contribution in [0.5, 0.6) is 5.75 Å². The first-order valence-corrected chi connectivity index (χ1v) is 11.5. The van der Waals surface area contributed by atoms with Gasteiger partial charge in [-0.15, -0.1) is 21.5 Å². The van der Waals surface area contributed by atoms with Gasteiger partial charge in [0.05, 0.1) is 11.0 Å². The maximum Gasteiger partial charge on any atom is 0.258 e. The maximum atomic E-state index is 13.2. The summed E-state index contributed by atoms with van der Waals surface area (Å²) in [4.78, 5) is 14.2. The van der Waals surface area contributed by atoms with Crippen molar-refractivity contribution in [3.8, 4) is 15.6 Å². The van der Waals surface area contributed by atoms with Gasteiger partial charge < -0.3 is 4.74 Å². The summed E-state index contributed by atoms with van der Waals surface area (Å²) >= 11 is 2.95. The topological polar surface area (TPSA) is 64.1 Å². The van der Waals surface area contributed by atoms with Gasteiger partial charge in [0.2, 0.25) is 5.13 Å². The molecule has 0 spiro atoms. The summed E-state index contributed by atoms with van der Waals surface area (Å²) in [6, 6.07) is 21.2. The minimum atomic E-state index is -0.234. The van der Waals surface area contributed by atoms with Crippen molar-refractivity contribution in [1.82, 2.24) is 10.2 Å². The Balaban J connectivity index is 1.59. The van der Waals surface area contributed by atoms with Crippen molar-refractivity contribution in [2.45, 2.75) is 20.0 Å². The normalized spacial score (nSPS) is 11.5. The van der Waals surface area contributed by atoms with Crippen molar-refractivity contribution in [2.24, 2.45) is 0 Å².